The van der Waals surface area contributed by atoms with Crippen LogP contribution in [-0.4, -0.2) is 12.1 Å². The number of aliphatic carboxylic acids is 1. The fourth-order valence-electron chi connectivity index (χ4n) is 2.01. The highest BCUT2D eigenvalue weighted by Gasteiger charge is 2.09. The Kier molecular flexibility index (Phi) is 4.08. The van der Waals surface area contributed by atoms with Crippen LogP contribution in [0.15, 0.2) is 33.5 Å². The van der Waals surface area contributed by atoms with Gasteiger partial charge in [-0.2, -0.15) is 0 Å². The first kappa shape index (κ1) is 14.1. The molecule has 0 radical (unpaired) electrons. The molecular formula is C15H15O5-. The number of ether oxygens (including phenoxy) is 1. The number of carboxylic acids is 1. The van der Waals surface area contributed by atoms with Crippen LogP contribution in [0.2, 0.25) is 0 Å². The summed E-state index contributed by atoms with van der Waals surface area (Å²) in [6, 6.07) is 6.42. The fraction of sp³-hybridized carbons (Fsp3) is 0.333. The third kappa shape index (κ3) is 2.99. The van der Waals surface area contributed by atoms with Crippen LogP contribution in [-0.2, 0) is 11.2 Å². The van der Waals surface area contributed by atoms with E-state index in [0.717, 1.165) is 23.8 Å². The Hall–Kier alpha value is -2.30. The van der Waals surface area contributed by atoms with Gasteiger partial charge < -0.3 is 19.1 Å². The molecule has 1 aromatic heterocycles. The molecule has 106 valence electrons. The lowest BCUT2D eigenvalue weighted by Gasteiger charge is -2.15. The third-order valence-corrected chi connectivity index (χ3v) is 2.97. The van der Waals surface area contributed by atoms with Gasteiger partial charge in [0.1, 0.15) is 17.4 Å². The molecule has 1 heterocycles. The van der Waals surface area contributed by atoms with Crippen molar-refractivity contribution < 1.29 is 19.1 Å². The second-order valence-corrected chi connectivity index (χ2v) is 4.58. The molecular weight excluding hydrogens is 260 g/mol. The number of hydrogen-bond acceptors (Lipinski definition) is 5. The van der Waals surface area contributed by atoms with Crippen LogP contribution in [0.1, 0.15) is 25.8 Å². The molecule has 0 fully saturated rings. The van der Waals surface area contributed by atoms with Crippen LogP contribution in [0, 0.1) is 0 Å². The van der Waals surface area contributed by atoms with Crippen LogP contribution < -0.4 is 15.5 Å². The Bertz CT molecular complexity index is 686. The Morgan fingerprint density at radius 3 is 2.80 bits per heavy atom. The molecule has 0 saturated carbocycles. The van der Waals surface area contributed by atoms with E-state index in [4.69, 9.17) is 9.15 Å². The molecule has 1 aromatic carbocycles. The van der Waals surface area contributed by atoms with E-state index in [1.165, 1.54) is 19.1 Å². The van der Waals surface area contributed by atoms with Crippen molar-refractivity contribution in [3.05, 3.63) is 40.2 Å². The highest BCUT2D eigenvalue weighted by molar-refractivity contribution is 5.81. The number of carbonyl (C=O) groups is 1. The van der Waals surface area contributed by atoms with Crippen molar-refractivity contribution >= 4 is 16.9 Å². The van der Waals surface area contributed by atoms with Crippen LogP contribution in [0.4, 0.5) is 0 Å². The van der Waals surface area contributed by atoms with E-state index in [9.17, 15) is 14.7 Å². The molecule has 1 atom stereocenters. The predicted octanol–water partition coefficient (Wildman–Crippen LogP) is 1.26. The topological polar surface area (TPSA) is 79.6 Å². The van der Waals surface area contributed by atoms with Gasteiger partial charge in [0.05, 0.1) is 5.97 Å². The molecule has 0 spiro atoms. The Labute approximate surface area is 115 Å². The van der Waals surface area contributed by atoms with Gasteiger partial charge in [-0.05, 0) is 31.0 Å². The quantitative estimate of drug-likeness (QED) is 0.767. The minimum Gasteiger partial charge on any atom is -0.546 e. The second-order valence-electron chi connectivity index (χ2n) is 4.58. The lowest BCUT2D eigenvalue weighted by atomic mass is 10.1. The molecule has 1 unspecified atom stereocenters. The summed E-state index contributed by atoms with van der Waals surface area (Å²) in [5.41, 5.74) is 0.883. The number of carbonyl (C=O) groups excluding carboxylic acids is 1. The first-order valence-electron chi connectivity index (χ1n) is 6.45. The van der Waals surface area contributed by atoms with Crippen molar-refractivity contribution in [1.29, 1.82) is 0 Å². The summed E-state index contributed by atoms with van der Waals surface area (Å²) in [4.78, 5) is 22.2. The van der Waals surface area contributed by atoms with E-state index in [-0.39, 0.29) is 0 Å². The van der Waals surface area contributed by atoms with E-state index >= 15 is 0 Å². The highest BCUT2D eigenvalue weighted by atomic mass is 16.5. The summed E-state index contributed by atoms with van der Waals surface area (Å²) >= 11 is 0. The Balaban J connectivity index is 2.44. The van der Waals surface area contributed by atoms with Gasteiger partial charge in [0.25, 0.3) is 0 Å². The average molecular weight is 275 g/mol. The van der Waals surface area contributed by atoms with E-state index in [1.54, 1.807) is 12.1 Å². The molecule has 5 nitrogen and oxygen atoms in total. The van der Waals surface area contributed by atoms with Crippen LogP contribution in [0.25, 0.3) is 11.0 Å². The van der Waals surface area contributed by atoms with Gasteiger partial charge in [-0.1, -0.05) is 13.3 Å². The van der Waals surface area contributed by atoms with E-state index in [1.807, 2.05) is 6.92 Å². The van der Waals surface area contributed by atoms with Crippen molar-refractivity contribution in [1.82, 2.24) is 0 Å². The third-order valence-electron chi connectivity index (χ3n) is 2.97. The normalized spacial score (nSPS) is 12.3. The molecule has 0 aliphatic carbocycles. The molecule has 5 heteroatoms. The molecule has 0 aliphatic heterocycles. The highest BCUT2D eigenvalue weighted by Crippen LogP contribution is 2.24. The molecule has 0 bridgehead atoms. The number of rotatable bonds is 5. The first-order chi connectivity index (χ1) is 9.51. The molecule has 0 N–H and O–H groups in total. The van der Waals surface area contributed by atoms with Gasteiger partial charge >= 0.3 is 5.63 Å². The zero-order valence-corrected chi connectivity index (χ0v) is 11.3. The number of hydrogen-bond donors (Lipinski definition) is 0. The monoisotopic (exact) mass is 275 g/mol. The second kappa shape index (κ2) is 5.77. The van der Waals surface area contributed by atoms with Crippen molar-refractivity contribution in [2.75, 3.05) is 0 Å². The summed E-state index contributed by atoms with van der Waals surface area (Å²) < 4.78 is 10.3. The van der Waals surface area contributed by atoms with Crippen LogP contribution in [0.3, 0.4) is 0 Å². The molecule has 0 amide bonds. The summed E-state index contributed by atoms with van der Waals surface area (Å²) in [6.07, 6.45) is 0.619. The Morgan fingerprint density at radius 2 is 2.15 bits per heavy atom. The Morgan fingerprint density at radius 1 is 1.40 bits per heavy atom. The van der Waals surface area contributed by atoms with Crippen LogP contribution >= 0.6 is 0 Å². The van der Waals surface area contributed by atoms with Gasteiger partial charge in [0.15, 0.2) is 0 Å². The lowest BCUT2D eigenvalue weighted by Crippen LogP contribution is -2.37. The first-order valence-corrected chi connectivity index (χ1v) is 6.45. The molecule has 0 aliphatic rings. The minimum absolute atomic E-state index is 0.325. The standard InChI is InChI=1S/C15H16O5/c1-3-4-10-7-14(16)20-13-8-11(5-6-12(10)13)19-9(2)15(17)18/h5-9H,3-4H2,1-2H3,(H,17,18)/p-1. The maximum atomic E-state index is 11.5. The zero-order chi connectivity index (χ0) is 14.7. The molecule has 2 aromatic rings. The van der Waals surface area contributed by atoms with Gasteiger partial charge in [-0.3, -0.25) is 0 Å². The van der Waals surface area contributed by atoms with Crippen molar-refractivity contribution in [3.8, 4) is 5.75 Å². The van der Waals surface area contributed by atoms with Crippen molar-refractivity contribution in [2.24, 2.45) is 0 Å². The van der Waals surface area contributed by atoms with Gasteiger partial charge in [-0.15, -0.1) is 0 Å². The van der Waals surface area contributed by atoms with E-state index < -0.39 is 17.7 Å². The van der Waals surface area contributed by atoms with Gasteiger partial charge in [0, 0.05) is 17.5 Å². The van der Waals surface area contributed by atoms with E-state index in [0.29, 0.717) is 11.3 Å². The minimum atomic E-state index is -1.30. The SMILES string of the molecule is CCCc1cc(=O)oc2cc(OC(C)C(=O)[O-])ccc12. The fourth-order valence-corrected chi connectivity index (χ4v) is 2.01. The van der Waals surface area contributed by atoms with Crippen molar-refractivity contribution in [3.63, 3.8) is 0 Å². The summed E-state index contributed by atoms with van der Waals surface area (Å²) in [5.74, 6) is -0.975. The van der Waals surface area contributed by atoms with Gasteiger partial charge in [0.2, 0.25) is 0 Å². The number of benzene rings is 1. The number of fused-ring (bicyclic) bond motifs is 1. The summed E-state index contributed by atoms with van der Waals surface area (Å²) in [7, 11) is 0. The van der Waals surface area contributed by atoms with E-state index in [2.05, 4.69) is 0 Å². The largest absolute Gasteiger partial charge is 0.546 e. The smallest absolute Gasteiger partial charge is 0.336 e. The van der Waals surface area contributed by atoms with Gasteiger partial charge in [-0.25, -0.2) is 4.79 Å². The molecule has 20 heavy (non-hydrogen) atoms. The lowest BCUT2D eigenvalue weighted by molar-refractivity contribution is -0.312. The number of aryl methyl sites for hydroxylation is 1. The predicted molar refractivity (Wildman–Crippen MR) is 71.6 cm³/mol. The van der Waals surface area contributed by atoms with Crippen molar-refractivity contribution in [2.45, 2.75) is 32.8 Å². The van der Waals surface area contributed by atoms with Crippen LogP contribution in [0.5, 0.6) is 5.75 Å². The summed E-state index contributed by atoms with van der Waals surface area (Å²) in [6.45, 7) is 3.41. The zero-order valence-electron chi connectivity index (χ0n) is 11.3. The molecule has 2 rings (SSSR count). The summed E-state index contributed by atoms with van der Waals surface area (Å²) in [5, 5.41) is 11.5. The molecule has 0 saturated heterocycles. The number of carboxylic acid groups (broad SMARTS) is 1. The average Bonchev–Trinajstić information content (AvgIpc) is 2.38. The maximum Gasteiger partial charge on any atom is 0.336 e. The maximum absolute atomic E-state index is 11.5.